The van der Waals surface area contributed by atoms with Crippen molar-refractivity contribution in [3.63, 3.8) is 0 Å². The lowest BCUT2D eigenvalue weighted by Gasteiger charge is -2.26. The highest BCUT2D eigenvalue weighted by Gasteiger charge is 2.25. The lowest BCUT2D eigenvalue weighted by molar-refractivity contribution is -0.142. The minimum Gasteiger partial charge on any atom is -0.494 e. The second-order valence-electron chi connectivity index (χ2n) is 6.56. The van der Waals surface area contributed by atoms with Crippen LogP contribution < -0.4 is 10.1 Å². The SMILES string of the molecule is O=C(O)C1CCC(NCCCCCCOc2ccc(Cl)cc2)CC1. The Morgan fingerprint density at radius 2 is 1.75 bits per heavy atom. The molecule has 1 aliphatic carbocycles. The van der Waals surface area contributed by atoms with Crippen LogP contribution in [0.25, 0.3) is 0 Å². The highest BCUT2D eigenvalue weighted by molar-refractivity contribution is 6.30. The Kier molecular flexibility index (Phi) is 8.40. The predicted molar refractivity (Wildman–Crippen MR) is 96.8 cm³/mol. The van der Waals surface area contributed by atoms with Gasteiger partial charge >= 0.3 is 5.97 Å². The third-order valence-corrected chi connectivity index (χ3v) is 4.91. The number of carboxylic acid groups (broad SMARTS) is 1. The maximum Gasteiger partial charge on any atom is 0.306 e. The van der Waals surface area contributed by atoms with Crippen LogP contribution >= 0.6 is 11.6 Å². The van der Waals surface area contributed by atoms with Gasteiger partial charge in [0.25, 0.3) is 0 Å². The van der Waals surface area contributed by atoms with Crippen molar-refractivity contribution in [2.75, 3.05) is 13.2 Å². The summed E-state index contributed by atoms with van der Waals surface area (Å²) in [5.41, 5.74) is 0. The Balaban J connectivity index is 1.42. The van der Waals surface area contributed by atoms with Gasteiger partial charge in [-0.05, 0) is 69.3 Å². The van der Waals surface area contributed by atoms with E-state index in [-0.39, 0.29) is 5.92 Å². The Bertz CT molecular complexity index is 484. The molecule has 1 aromatic carbocycles. The van der Waals surface area contributed by atoms with Crippen LogP contribution in [0.2, 0.25) is 5.02 Å². The number of hydrogen-bond acceptors (Lipinski definition) is 3. The molecule has 5 heteroatoms. The molecule has 0 aromatic heterocycles. The number of rotatable bonds is 10. The summed E-state index contributed by atoms with van der Waals surface area (Å²) < 4.78 is 5.67. The number of carbonyl (C=O) groups is 1. The predicted octanol–water partition coefficient (Wildman–Crippen LogP) is 4.51. The maximum absolute atomic E-state index is 10.9. The van der Waals surface area contributed by atoms with Gasteiger partial charge in [-0.2, -0.15) is 0 Å². The number of hydrogen-bond donors (Lipinski definition) is 2. The van der Waals surface area contributed by atoms with E-state index in [1.165, 1.54) is 19.3 Å². The van der Waals surface area contributed by atoms with Crippen molar-refractivity contribution in [3.8, 4) is 5.75 Å². The lowest BCUT2D eigenvalue weighted by atomic mass is 9.86. The molecule has 0 saturated heterocycles. The molecule has 0 atom stereocenters. The zero-order valence-corrected chi connectivity index (χ0v) is 14.9. The number of unbranched alkanes of at least 4 members (excludes halogenated alkanes) is 3. The summed E-state index contributed by atoms with van der Waals surface area (Å²) in [4.78, 5) is 10.9. The zero-order chi connectivity index (χ0) is 17.2. The van der Waals surface area contributed by atoms with Crippen LogP contribution in [0.15, 0.2) is 24.3 Å². The molecule has 0 radical (unpaired) electrons. The van der Waals surface area contributed by atoms with Crippen molar-refractivity contribution in [1.82, 2.24) is 5.32 Å². The molecule has 1 aliphatic rings. The Morgan fingerprint density at radius 3 is 2.42 bits per heavy atom. The van der Waals surface area contributed by atoms with E-state index in [2.05, 4.69) is 5.32 Å². The molecule has 1 fully saturated rings. The number of benzene rings is 1. The van der Waals surface area contributed by atoms with Gasteiger partial charge in [0.1, 0.15) is 5.75 Å². The molecule has 24 heavy (non-hydrogen) atoms. The van der Waals surface area contributed by atoms with Crippen LogP contribution in [0.1, 0.15) is 51.4 Å². The summed E-state index contributed by atoms with van der Waals surface area (Å²) in [5.74, 6) is 0.121. The normalized spacial score (nSPS) is 20.7. The molecule has 0 aliphatic heterocycles. The molecule has 0 unspecified atom stereocenters. The molecule has 2 N–H and O–H groups in total. The van der Waals surface area contributed by atoms with Crippen LogP contribution in [-0.4, -0.2) is 30.3 Å². The van der Waals surface area contributed by atoms with Crippen molar-refractivity contribution in [3.05, 3.63) is 29.3 Å². The van der Waals surface area contributed by atoms with Gasteiger partial charge in [0.05, 0.1) is 12.5 Å². The first-order valence-corrected chi connectivity index (χ1v) is 9.37. The van der Waals surface area contributed by atoms with Crippen LogP contribution in [-0.2, 0) is 4.79 Å². The molecule has 0 heterocycles. The molecule has 4 nitrogen and oxygen atoms in total. The quantitative estimate of drug-likeness (QED) is 0.607. The van der Waals surface area contributed by atoms with E-state index in [0.717, 1.165) is 56.0 Å². The highest BCUT2D eigenvalue weighted by atomic mass is 35.5. The first-order valence-electron chi connectivity index (χ1n) is 8.99. The summed E-state index contributed by atoms with van der Waals surface area (Å²) in [6.45, 7) is 1.77. The number of nitrogens with one attached hydrogen (secondary N) is 1. The molecular weight excluding hydrogens is 326 g/mol. The summed E-state index contributed by atoms with van der Waals surface area (Å²) >= 11 is 5.83. The summed E-state index contributed by atoms with van der Waals surface area (Å²) in [5, 5.41) is 13.3. The largest absolute Gasteiger partial charge is 0.494 e. The molecular formula is C19H28ClNO3. The molecule has 134 valence electrons. The topological polar surface area (TPSA) is 58.6 Å². The monoisotopic (exact) mass is 353 g/mol. The van der Waals surface area contributed by atoms with Crippen LogP contribution in [0, 0.1) is 5.92 Å². The van der Waals surface area contributed by atoms with Gasteiger partial charge < -0.3 is 15.2 Å². The summed E-state index contributed by atoms with van der Waals surface area (Å²) in [6, 6.07) is 7.98. The molecule has 0 amide bonds. The minimum absolute atomic E-state index is 0.122. The van der Waals surface area contributed by atoms with Crippen LogP contribution in [0.4, 0.5) is 0 Å². The van der Waals surface area contributed by atoms with E-state index >= 15 is 0 Å². The Labute approximate surface area is 149 Å². The van der Waals surface area contributed by atoms with E-state index < -0.39 is 5.97 Å². The Morgan fingerprint density at radius 1 is 1.08 bits per heavy atom. The van der Waals surface area contributed by atoms with E-state index in [1.807, 2.05) is 24.3 Å². The first-order chi connectivity index (χ1) is 11.6. The van der Waals surface area contributed by atoms with Gasteiger partial charge in [-0.1, -0.05) is 24.4 Å². The van der Waals surface area contributed by atoms with E-state index in [9.17, 15) is 4.79 Å². The standard InChI is InChI=1S/C19H28ClNO3/c20-16-7-11-18(12-8-16)24-14-4-2-1-3-13-21-17-9-5-15(6-10-17)19(22)23/h7-8,11-12,15,17,21H,1-6,9-10,13-14H2,(H,22,23). The second kappa shape index (κ2) is 10.6. The summed E-state index contributed by atoms with van der Waals surface area (Å²) in [7, 11) is 0. The number of ether oxygens (including phenoxy) is 1. The zero-order valence-electron chi connectivity index (χ0n) is 14.2. The van der Waals surface area contributed by atoms with Gasteiger partial charge in [0.15, 0.2) is 0 Å². The van der Waals surface area contributed by atoms with Crippen molar-refractivity contribution in [1.29, 1.82) is 0 Å². The van der Waals surface area contributed by atoms with Gasteiger partial charge in [-0.25, -0.2) is 0 Å². The molecule has 1 aromatic rings. The fourth-order valence-electron chi connectivity index (χ4n) is 3.15. The van der Waals surface area contributed by atoms with E-state index in [0.29, 0.717) is 6.04 Å². The average Bonchev–Trinajstić information content (AvgIpc) is 2.59. The number of aliphatic carboxylic acids is 1. The first kappa shape index (κ1) is 19.1. The van der Waals surface area contributed by atoms with E-state index in [4.69, 9.17) is 21.4 Å². The summed E-state index contributed by atoms with van der Waals surface area (Å²) in [6.07, 6.45) is 8.20. The minimum atomic E-state index is -0.630. The third-order valence-electron chi connectivity index (χ3n) is 4.66. The molecule has 1 saturated carbocycles. The second-order valence-corrected chi connectivity index (χ2v) is 6.99. The fraction of sp³-hybridized carbons (Fsp3) is 0.632. The number of carboxylic acids is 1. The smallest absolute Gasteiger partial charge is 0.306 e. The van der Waals surface area contributed by atoms with Gasteiger partial charge in [-0.15, -0.1) is 0 Å². The van der Waals surface area contributed by atoms with Crippen LogP contribution in [0.5, 0.6) is 5.75 Å². The lowest BCUT2D eigenvalue weighted by Crippen LogP contribution is -2.35. The highest BCUT2D eigenvalue weighted by Crippen LogP contribution is 2.24. The molecule has 2 rings (SSSR count). The van der Waals surface area contributed by atoms with Gasteiger partial charge in [0, 0.05) is 11.1 Å². The maximum atomic E-state index is 10.9. The van der Waals surface area contributed by atoms with Crippen molar-refractivity contribution in [2.45, 2.75) is 57.4 Å². The average molecular weight is 354 g/mol. The van der Waals surface area contributed by atoms with Gasteiger partial charge in [-0.3, -0.25) is 4.79 Å². The fourth-order valence-corrected chi connectivity index (χ4v) is 3.28. The van der Waals surface area contributed by atoms with Gasteiger partial charge in [0.2, 0.25) is 0 Å². The van der Waals surface area contributed by atoms with Crippen molar-refractivity contribution in [2.24, 2.45) is 5.92 Å². The molecule has 0 bridgehead atoms. The van der Waals surface area contributed by atoms with Crippen molar-refractivity contribution < 1.29 is 14.6 Å². The Hall–Kier alpha value is -1.26. The van der Waals surface area contributed by atoms with Crippen molar-refractivity contribution >= 4 is 17.6 Å². The third kappa shape index (κ3) is 7.10. The number of halogens is 1. The van der Waals surface area contributed by atoms with Crippen LogP contribution in [0.3, 0.4) is 0 Å². The van der Waals surface area contributed by atoms with E-state index in [1.54, 1.807) is 0 Å². The molecule has 0 spiro atoms.